The van der Waals surface area contributed by atoms with Gasteiger partial charge in [0, 0.05) is 42.3 Å². The first kappa shape index (κ1) is 12.5. The third-order valence-electron chi connectivity index (χ3n) is 3.18. The molecule has 4 nitrogen and oxygen atoms in total. The fourth-order valence-corrected chi connectivity index (χ4v) is 2.24. The summed E-state index contributed by atoms with van der Waals surface area (Å²) in [6.07, 6.45) is 8.17. The Bertz CT molecular complexity index is 719. The molecular formula is C16H16N4. The monoisotopic (exact) mass is 264 g/mol. The van der Waals surface area contributed by atoms with Crippen molar-refractivity contribution in [2.45, 2.75) is 13.3 Å². The van der Waals surface area contributed by atoms with E-state index in [2.05, 4.69) is 39.3 Å². The minimum absolute atomic E-state index is 0.832. The van der Waals surface area contributed by atoms with Crippen LogP contribution in [0.5, 0.6) is 0 Å². The summed E-state index contributed by atoms with van der Waals surface area (Å²) >= 11 is 0. The summed E-state index contributed by atoms with van der Waals surface area (Å²) in [6, 6.07) is 8.17. The maximum absolute atomic E-state index is 4.51. The van der Waals surface area contributed by atoms with Crippen LogP contribution in [0.2, 0.25) is 0 Å². The number of benzene rings is 1. The lowest BCUT2D eigenvalue weighted by molar-refractivity contribution is 0.966. The molecule has 0 radical (unpaired) electrons. The quantitative estimate of drug-likeness (QED) is 0.783. The Morgan fingerprint density at radius 3 is 2.85 bits per heavy atom. The highest BCUT2D eigenvalue weighted by Gasteiger charge is 2.10. The molecule has 1 aromatic carbocycles. The summed E-state index contributed by atoms with van der Waals surface area (Å²) in [5.74, 6) is 0.832. The van der Waals surface area contributed by atoms with Crippen LogP contribution in [0.4, 0.5) is 5.82 Å². The number of fused-ring (bicyclic) bond motifs is 1. The standard InChI is InChI=1S/C16H16N4/c1-2-7-19-16-15(18-9-10-20-16)14-5-3-4-12-11-17-8-6-13(12)14/h3-6,8-11H,2,7H2,1H3,(H,19,20). The van der Waals surface area contributed by atoms with Crippen LogP contribution in [0.15, 0.2) is 49.1 Å². The average Bonchev–Trinajstić information content (AvgIpc) is 2.53. The van der Waals surface area contributed by atoms with Gasteiger partial charge in [0.1, 0.15) is 5.69 Å². The summed E-state index contributed by atoms with van der Waals surface area (Å²) in [5, 5.41) is 5.59. The van der Waals surface area contributed by atoms with Crippen molar-refractivity contribution in [2.75, 3.05) is 11.9 Å². The molecule has 0 saturated heterocycles. The number of anilines is 1. The molecule has 0 aliphatic heterocycles. The molecule has 2 heterocycles. The van der Waals surface area contributed by atoms with Crippen LogP contribution in [0.25, 0.3) is 22.0 Å². The van der Waals surface area contributed by atoms with Gasteiger partial charge in [-0.25, -0.2) is 4.98 Å². The van der Waals surface area contributed by atoms with Crippen LogP contribution in [0, 0.1) is 0 Å². The number of aromatic nitrogens is 3. The lowest BCUT2D eigenvalue weighted by atomic mass is 10.0. The van der Waals surface area contributed by atoms with E-state index in [1.54, 1.807) is 18.6 Å². The van der Waals surface area contributed by atoms with Gasteiger partial charge in [-0.3, -0.25) is 9.97 Å². The molecule has 0 spiro atoms. The molecule has 3 rings (SSSR count). The zero-order chi connectivity index (χ0) is 13.8. The van der Waals surface area contributed by atoms with E-state index >= 15 is 0 Å². The molecule has 100 valence electrons. The van der Waals surface area contributed by atoms with Crippen LogP contribution in [-0.2, 0) is 0 Å². The molecule has 0 saturated carbocycles. The normalized spacial score (nSPS) is 10.7. The van der Waals surface area contributed by atoms with Crippen molar-refractivity contribution in [3.8, 4) is 11.3 Å². The van der Waals surface area contributed by atoms with Gasteiger partial charge in [-0.2, -0.15) is 0 Å². The first-order valence-corrected chi connectivity index (χ1v) is 6.78. The summed E-state index contributed by atoms with van der Waals surface area (Å²) in [6.45, 7) is 3.02. The van der Waals surface area contributed by atoms with Crippen molar-refractivity contribution in [3.05, 3.63) is 49.1 Å². The number of nitrogens with one attached hydrogen (secondary N) is 1. The van der Waals surface area contributed by atoms with Crippen molar-refractivity contribution in [3.63, 3.8) is 0 Å². The Kier molecular flexibility index (Phi) is 3.54. The fraction of sp³-hybridized carbons (Fsp3) is 0.188. The third kappa shape index (κ3) is 2.32. The summed E-state index contributed by atoms with van der Waals surface area (Å²) in [5.41, 5.74) is 1.97. The SMILES string of the molecule is CCCNc1nccnc1-c1cccc2cnccc12. The molecule has 0 amide bonds. The molecule has 0 aliphatic carbocycles. The molecule has 0 atom stereocenters. The smallest absolute Gasteiger partial charge is 0.152 e. The fourth-order valence-electron chi connectivity index (χ4n) is 2.24. The Balaban J connectivity index is 2.16. The first-order valence-electron chi connectivity index (χ1n) is 6.78. The Hall–Kier alpha value is -2.49. The molecule has 4 heteroatoms. The van der Waals surface area contributed by atoms with Crippen molar-refractivity contribution < 1.29 is 0 Å². The Morgan fingerprint density at radius 1 is 1.05 bits per heavy atom. The van der Waals surface area contributed by atoms with Crippen molar-refractivity contribution in [1.29, 1.82) is 0 Å². The molecule has 0 bridgehead atoms. The predicted octanol–water partition coefficient (Wildman–Crippen LogP) is 3.51. The van der Waals surface area contributed by atoms with Gasteiger partial charge in [0.2, 0.25) is 0 Å². The number of hydrogen-bond acceptors (Lipinski definition) is 4. The van der Waals surface area contributed by atoms with Gasteiger partial charge in [-0.15, -0.1) is 0 Å². The van der Waals surface area contributed by atoms with E-state index in [0.717, 1.165) is 40.8 Å². The second-order valence-corrected chi connectivity index (χ2v) is 4.58. The summed E-state index contributed by atoms with van der Waals surface area (Å²) < 4.78 is 0. The minimum Gasteiger partial charge on any atom is -0.368 e. The van der Waals surface area contributed by atoms with Crippen molar-refractivity contribution in [1.82, 2.24) is 15.0 Å². The van der Waals surface area contributed by atoms with Gasteiger partial charge in [0.15, 0.2) is 5.82 Å². The van der Waals surface area contributed by atoms with Gasteiger partial charge < -0.3 is 5.32 Å². The highest BCUT2D eigenvalue weighted by Crippen LogP contribution is 2.30. The summed E-state index contributed by atoms with van der Waals surface area (Å²) in [7, 11) is 0. The third-order valence-corrected chi connectivity index (χ3v) is 3.18. The Labute approximate surface area is 117 Å². The van der Waals surface area contributed by atoms with Crippen LogP contribution in [-0.4, -0.2) is 21.5 Å². The van der Waals surface area contributed by atoms with Crippen molar-refractivity contribution >= 4 is 16.6 Å². The number of pyridine rings is 1. The van der Waals surface area contributed by atoms with Crippen LogP contribution in [0.1, 0.15) is 13.3 Å². The van der Waals surface area contributed by atoms with E-state index < -0.39 is 0 Å². The largest absolute Gasteiger partial charge is 0.368 e. The first-order chi connectivity index (χ1) is 9.90. The number of rotatable bonds is 4. The molecule has 20 heavy (non-hydrogen) atoms. The van der Waals surface area contributed by atoms with Gasteiger partial charge in [0.25, 0.3) is 0 Å². The topological polar surface area (TPSA) is 50.7 Å². The van der Waals surface area contributed by atoms with E-state index in [-0.39, 0.29) is 0 Å². The maximum atomic E-state index is 4.51. The van der Waals surface area contributed by atoms with Gasteiger partial charge in [0.05, 0.1) is 0 Å². The summed E-state index contributed by atoms with van der Waals surface area (Å²) in [4.78, 5) is 13.1. The molecule has 0 fully saturated rings. The second-order valence-electron chi connectivity index (χ2n) is 4.58. The van der Waals surface area contributed by atoms with E-state index in [1.165, 1.54) is 0 Å². The lowest BCUT2D eigenvalue weighted by Gasteiger charge is -2.11. The number of nitrogens with zero attached hydrogens (tertiary/aromatic N) is 3. The Morgan fingerprint density at radius 2 is 1.95 bits per heavy atom. The van der Waals surface area contributed by atoms with Crippen molar-refractivity contribution in [2.24, 2.45) is 0 Å². The molecule has 1 N–H and O–H groups in total. The van der Waals surface area contributed by atoms with Crippen LogP contribution < -0.4 is 5.32 Å². The molecular weight excluding hydrogens is 248 g/mol. The highest BCUT2D eigenvalue weighted by molar-refractivity contribution is 5.97. The zero-order valence-electron chi connectivity index (χ0n) is 11.4. The number of hydrogen-bond donors (Lipinski definition) is 1. The van der Waals surface area contributed by atoms with E-state index in [4.69, 9.17) is 0 Å². The molecule has 2 aromatic heterocycles. The van der Waals surface area contributed by atoms with E-state index in [1.807, 2.05) is 18.3 Å². The highest BCUT2D eigenvalue weighted by atomic mass is 15.0. The zero-order valence-corrected chi connectivity index (χ0v) is 11.4. The molecule has 0 aliphatic rings. The lowest BCUT2D eigenvalue weighted by Crippen LogP contribution is -2.04. The van der Waals surface area contributed by atoms with Gasteiger partial charge in [-0.1, -0.05) is 25.1 Å². The minimum atomic E-state index is 0.832. The van der Waals surface area contributed by atoms with E-state index in [0.29, 0.717) is 0 Å². The maximum Gasteiger partial charge on any atom is 0.152 e. The predicted molar refractivity (Wildman–Crippen MR) is 81.5 cm³/mol. The molecule has 3 aromatic rings. The second kappa shape index (κ2) is 5.65. The molecule has 0 unspecified atom stereocenters. The van der Waals surface area contributed by atoms with Crippen LogP contribution in [0.3, 0.4) is 0 Å². The average molecular weight is 264 g/mol. The van der Waals surface area contributed by atoms with Gasteiger partial charge in [-0.05, 0) is 17.9 Å². The van der Waals surface area contributed by atoms with Crippen LogP contribution >= 0.6 is 0 Å². The van der Waals surface area contributed by atoms with Gasteiger partial charge >= 0.3 is 0 Å². The van der Waals surface area contributed by atoms with E-state index in [9.17, 15) is 0 Å².